The van der Waals surface area contributed by atoms with Gasteiger partial charge >= 0.3 is 0 Å². The molecule has 2 saturated heterocycles. The predicted octanol–water partition coefficient (Wildman–Crippen LogP) is 4.03. The number of fused-ring (bicyclic) bond motifs is 1. The minimum absolute atomic E-state index is 0.0551. The highest BCUT2D eigenvalue weighted by molar-refractivity contribution is 6.30. The first kappa shape index (κ1) is 21.0. The first-order valence-corrected chi connectivity index (χ1v) is 11.4. The number of carbonyl (C=O) groups is 1. The number of likely N-dealkylation sites (tertiary alicyclic amines) is 1. The molecule has 0 bridgehead atoms. The molecule has 2 aromatic heterocycles. The number of hydrogen-bond acceptors (Lipinski definition) is 6. The van der Waals surface area contributed by atoms with Crippen LogP contribution in [0.4, 0.5) is 5.82 Å². The predicted molar refractivity (Wildman–Crippen MR) is 125 cm³/mol. The molecular weight excluding hydrogens is 426 g/mol. The lowest BCUT2D eigenvalue weighted by Gasteiger charge is -2.29. The molecule has 0 aromatic carbocycles. The zero-order valence-electron chi connectivity index (χ0n) is 18.0. The van der Waals surface area contributed by atoms with E-state index in [4.69, 9.17) is 16.0 Å². The van der Waals surface area contributed by atoms with E-state index in [-0.39, 0.29) is 11.8 Å². The fourth-order valence-electron chi connectivity index (χ4n) is 4.41. The fraction of sp³-hybridized carbons (Fsp3) is 0.375. The van der Waals surface area contributed by atoms with Crippen LogP contribution in [0.5, 0.6) is 0 Å². The summed E-state index contributed by atoms with van der Waals surface area (Å²) in [6.07, 6.45) is 11.9. The van der Waals surface area contributed by atoms with Crippen LogP contribution in [-0.4, -0.2) is 47.5 Å². The number of nitrogens with zero attached hydrogens (tertiary/aromatic N) is 3. The van der Waals surface area contributed by atoms with Gasteiger partial charge in [-0.2, -0.15) is 0 Å². The number of halogens is 1. The van der Waals surface area contributed by atoms with Crippen molar-refractivity contribution in [2.24, 2.45) is 11.8 Å². The summed E-state index contributed by atoms with van der Waals surface area (Å²) in [5.74, 6) is 2.44. The normalized spacial score (nSPS) is 23.0. The van der Waals surface area contributed by atoms with E-state index in [1.165, 1.54) is 12.8 Å². The molecule has 0 spiro atoms. The van der Waals surface area contributed by atoms with Crippen LogP contribution in [0.3, 0.4) is 0 Å². The van der Waals surface area contributed by atoms with Gasteiger partial charge in [-0.15, -0.1) is 0 Å². The fourth-order valence-corrected chi connectivity index (χ4v) is 4.63. The van der Waals surface area contributed by atoms with Gasteiger partial charge < -0.3 is 20.0 Å². The molecule has 1 unspecified atom stereocenters. The van der Waals surface area contributed by atoms with Crippen LogP contribution in [0.25, 0.3) is 17.5 Å². The number of carbonyl (C=O) groups excluding carboxylic acids is 1. The molecule has 1 amide bonds. The van der Waals surface area contributed by atoms with E-state index in [9.17, 15) is 4.79 Å². The van der Waals surface area contributed by atoms with Crippen molar-refractivity contribution < 1.29 is 9.21 Å². The third-order valence-corrected chi connectivity index (χ3v) is 6.62. The molecular formula is C24H26ClN5O2. The molecule has 1 aliphatic carbocycles. The van der Waals surface area contributed by atoms with E-state index in [1.54, 1.807) is 18.5 Å². The van der Waals surface area contributed by atoms with Crippen LogP contribution in [0.2, 0.25) is 0 Å². The number of aromatic nitrogens is 2. The molecule has 0 radical (unpaired) electrons. The monoisotopic (exact) mass is 451 g/mol. The lowest BCUT2D eigenvalue weighted by Crippen LogP contribution is -2.33. The van der Waals surface area contributed by atoms with E-state index in [2.05, 4.69) is 32.5 Å². The van der Waals surface area contributed by atoms with Crippen LogP contribution < -0.4 is 10.6 Å². The highest BCUT2D eigenvalue weighted by Crippen LogP contribution is 2.37. The lowest BCUT2D eigenvalue weighted by atomic mass is 9.92. The Labute approximate surface area is 192 Å². The quantitative estimate of drug-likeness (QED) is 0.668. The van der Waals surface area contributed by atoms with Crippen molar-refractivity contribution >= 4 is 29.4 Å². The summed E-state index contributed by atoms with van der Waals surface area (Å²) in [5.41, 5.74) is 2.19. The third kappa shape index (κ3) is 4.49. The summed E-state index contributed by atoms with van der Waals surface area (Å²) in [5, 5.41) is 7.07. The maximum Gasteiger partial charge on any atom is 0.252 e. The molecule has 1 atom stereocenters. The lowest BCUT2D eigenvalue weighted by molar-refractivity contribution is -0.115. The van der Waals surface area contributed by atoms with E-state index < -0.39 is 0 Å². The average molecular weight is 452 g/mol. The van der Waals surface area contributed by atoms with Gasteiger partial charge in [0.25, 0.3) is 5.91 Å². The van der Waals surface area contributed by atoms with Gasteiger partial charge in [0.15, 0.2) is 5.76 Å². The highest BCUT2D eigenvalue weighted by atomic mass is 35.5. The van der Waals surface area contributed by atoms with Crippen molar-refractivity contribution in [3.05, 3.63) is 58.7 Å². The van der Waals surface area contributed by atoms with Crippen LogP contribution in [0.1, 0.15) is 25.0 Å². The summed E-state index contributed by atoms with van der Waals surface area (Å²) in [7, 11) is 2.17. The van der Waals surface area contributed by atoms with Gasteiger partial charge in [0.05, 0.1) is 12.4 Å². The number of amides is 1. The Morgan fingerprint density at radius 3 is 2.97 bits per heavy atom. The second-order valence-corrected chi connectivity index (χ2v) is 9.15. The van der Waals surface area contributed by atoms with Crippen molar-refractivity contribution in [1.82, 2.24) is 20.2 Å². The molecule has 2 N–H and O–H groups in total. The molecule has 7 nitrogen and oxygen atoms in total. The second kappa shape index (κ2) is 8.92. The number of furan rings is 1. The summed E-state index contributed by atoms with van der Waals surface area (Å²) >= 11 is 6.18. The van der Waals surface area contributed by atoms with Crippen LogP contribution in [0, 0.1) is 11.8 Å². The molecule has 3 aliphatic rings. The summed E-state index contributed by atoms with van der Waals surface area (Å²) < 4.78 is 5.99. The SMILES string of the molecule is CN1CCC(CNc2cncc(-c3ccc(C=C4C(=O)NC5=CC=C(Cl)CC54)o3)n2)CC1. The van der Waals surface area contributed by atoms with Gasteiger partial charge in [0, 0.05) is 28.8 Å². The van der Waals surface area contributed by atoms with Crippen LogP contribution >= 0.6 is 11.6 Å². The molecule has 2 fully saturated rings. The Kier molecular flexibility index (Phi) is 5.85. The number of hydrogen-bond donors (Lipinski definition) is 2. The number of nitrogens with one attached hydrogen (secondary N) is 2. The number of anilines is 1. The van der Waals surface area contributed by atoms with Gasteiger partial charge in [0.1, 0.15) is 17.3 Å². The third-order valence-electron chi connectivity index (χ3n) is 6.34. The van der Waals surface area contributed by atoms with E-state index in [0.29, 0.717) is 35.1 Å². The summed E-state index contributed by atoms with van der Waals surface area (Å²) in [6, 6.07) is 3.70. The molecule has 2 aromatic rings. The van der Waals surface area contributed by atoms with Crippen molar-refractivity contribution in [1.29, 1.82) is 0 Å². The van der Waals surface area contributed by atoms with Gasteiger partial charge in [-0.1, -0.05) is 11.6 Å². The largest absolute Gasteiger partial charge is 0.455 e. The average Bonchev–Trinajstić information content (AvgIpc) is 3.39. The maximum absolute atomic E-state index is 12.4. The number of allylic oxidation sites excluding steroid dienone is 4. The summed E-state index contributed by atoms with van der Waals surface area (Å²) in [6.45, 7) is 3.17. The number of piperidine rings is 1. The van der Waals surface area contributed by atoms with Crippen LogP contribution in [-0.2, 0) is 4.79 Å². The van der Waals surface area contributed by atoms with Gasteiger partial charge in [-0.3, -0.25) is 9.78 Å². The zero-order chi connectivity index (χ0) is 22.1. The molecule has 2 aliphatic heterocycles. The standard InChI is InChI=1S/C24H26ClN5O2/c1-30-8-6-15(7-9-30)12-27-23-14-26-13-21(28-23)22-5-3-17(32-22)11-19-18-10-16(25)2-4-20(18)29-24(19)31/h2-5,11,13-15,18H,6-10,12H2,1H3,(H,27,28)(H,29,31). The van der Waals surface area contributed by atoms with E-state index in [0.717, 1.165) is 36.2 Å². The van der Waals surface area contributed by atoms with Gasteiger partial charge in [0.2, 0.25) is 0 Å². The molecule has 32 heavy (non-hydrogen) atoms. The zero-order valence-corrected chi connectivity index (χ0v) is 18.7. The van der Waals surface area contributed by atoms with Crippen molar-refractivity contribution in [2.45, 2.75) is 19.3 Å². The Balaban J connectivity index is 1.28. The van der Waals surface area contributed by atoms with Crippen LogP contribution in [0.15, 0.2) is 57.4 Å². The van der Waals surface area contributed by atoms with E-state index in [1.807, 2.05) is 24.3 Å². The Morgan fingerprint density at radius 2 is 2.12 bits per heavy atom. The van der Waals surface area contributed by atoms with Gasteiger partial charge in [-0.25, -0.2) is 4.98 Å². The molecule has 4 heterocycles. The topological polar surface area (TPSA) is 83.3 Å². The molecule has 5 rings (SSSR count). The second-order valence-electron chi connectivity index (χ2n) is 8.67. The van der Waals surface area contributed by atoms with Crippen molar-refractivity contribution in [3.63, 3.8) is 0 Å². The van der Waals surface area contributed by atoms with Crippen molar-refractivity contribution in [3.8, 4) is 11.5 Å². The van der Waals surface area contributed by atoms with Gasteiger partial charge in [-0.05, 0) is 75.7 Å². The van der Waals surface area contributed by atoms with Crippen molar-refractivity contribution in [2.75, 3.05) is 32.0 Å². The number of rotatable bonds is 5. The maximum atomic E-state index is 12.4. The Hall–Kier alpha value is -2.90. The minimum atomic E-state index is -0.112. The highest BCUT2D eigenvalue weighted by Gasteiger charge is 2.34. The minimum Gasteiger partial charge on any atom is -0.455 e. The summed E-state index contributed by atoms with van der Waals surface area (Å²) in [4.78, 5) is 23.8. The Bertz CT molecular complexity index is 1110. The first-order chi connectivity index (χ1) is 15.5. The molecule has 166 valence electrons. The first-order valence-electron chi connectivity index (χ1n) is 11.0. The Morgan fingerprint density at radius 1 is 1.28 bits per heavy atom. The van der Waals surface area contributed by atoms with E-state index >= 15 is 0 Å². The molecule has 0 saturated carbocycles. The smallest absolute Gasteiger partial charge is 0.252 e. The molecule has 8 heteroatoms.